The predicted octanol–water partition coefficient (Wildman–Crippen LogP) is 0.804. The van der Waals surface area contributed by atoms with Crippen molar-refractivity contribution >= 4 is 5.69 Å². The summed E-state index contributed by atoms with van der Waals surface area (Å²) in [5.41, 5.74) is 7.02. The maximum Gasteiger partial charge on any atom is 0.171 e. The number of nitrogens with zero attached hydrogens (tertiary/aromatic N) is 3. The summed E-state index contributed by atoms with van der Waals surface area (Å²) in [7, 11) is 0. The van der Waals surface area contributed by atoms with Crippen LogP contribution in [-0.4, -0.2) is 34.3 Å². The van der Waals surface area contributed by atoms with Crippen molar-refractivity contribution < 1.29 is 9.84 Å². The highest BCUT2D eigenvalue weighted by molar-refractivity contribution is 5.50. The number of allylic oxidation sites excluding steroid dienone is 2. The topological polar surface area (TPSA) is 76.5 Å². The molecule has 3 rings (SSSR count). The molecule has 3 heterocycles. The molecule has 1 unspecified atom stereocenters. The maximum absolute atomic E-state index is 10.0. The number of hydrogen-bond acceptors (Lipinski definition) is 5. The molecule has 1 aromatic rings. The first kappa shape index (κ1) is 13.2. The van der Waals surface area contributed by atoms with Gasteiger partial charge in [-0.05, 0) is 30.9 Å². The van der Waals surface area contributed by atoms with Crippen molar-refractivity contribution in [1.29, 1.82) is 0 Å². The van der Waals surface area contributed by atoms with Gasteiger partial charge < -0.3 is 20.5 Å². The van der Waals surface area contributed by atoms with E-state index in [0.717, 1.165) is 38.3 Å². The number of aromatic nitrogens is 2. The largest absolute Gasteiger partial charge is 0.398 e. The van der Waals surface area contributed by atoms with Gasteiger partial charge in [0, 0.05) is 32.2 Å². The van der Waals surface area contributed by atoms with Crippen molar-refractivity contribution in [2.45, 2.75) is 25.6 Å². The molecule has 6 heteroatoms. The van der Waals surface area contributed by atoms with Gasteiger partial charge in [0.2, 0.25) is 0 Å². The molecule has 1 atom stereocenters. The van der Waals surface area contributed by atoms with Gasteiger partial charge in [-0.2, -0.15) is 5.10 Å². The van der Waals surface area contributed by atoms with E-state index in [1.807, 2.05) is 17.0 Å². The number of hydrogen-bond donors (Lipinski definition) is 2. The van der Waals surface area contributed by atoms with E-state index in [1.165, 1.54) is 0 Å². The Labute approximate surface area is 118 Å². The van der Waals surface area contributed by atoms with Gasteiger partial charge in [-0.25, -0.2) is 0 Å². The normalized spacial score (nSPS) is 23.9. The van der Waals surface area contributed by atoms with E-state index in [2.05, 4.69) is 5.10 Å². The SMILES string of the molecule is NC1=CC=CN(c2cnn(CC3CCOCC3)c2)C1O. The molecule has 1 saturated heterocycles. The van der Waals surface area contributed by atoms with E-state index in [-0.39, 0.29) is 0 Å². The summed E-state index contributed by atoms with van der Waals surface area (Å²) in [6, 6.07) is 0. The Balaban J connectivity index is 1.67. The van der Waals surface area contributed by atoms with Gasteiger partial charge in [0.05, 0.1) is 17.6 Å². The molecule has 1 fully saturated rings. The van der Waals surface area contributed by atoms with E-state index >= 15 is 0 Å². The minimum atomic E-state index is -0.819. The third-order valence-corrected chi connectivity index (χ3v) is 3.80. The molecule has 0 spiro atoms. The molecule has 6 nitrogen and oxygen atoms in total. The molecule has 0 amide bonds. The Morgan fingerprint density at radius 1 is 1.40 bits per heavy atom. The fraction of sp³-hybridized carbons (Fsp3) is 0.500. The third-order valence-electron chi connectivity index (χ3n) is 3.80. The van der Waals surface area contributed by atoms with Crippen LogP contribution in [0, 0.1) is 5.92 Å². The van der Waals surface area contributed by atoms with Crippen LogP contribution < -0.4 is 10.6 Å². The number of ether oxygens (including phenoxy) is 1. The van der Waals surface area contributed by atoms with Crippen LogP contribution in [-0.2, 0) is 11.3 Å². The Kier molecular flexibility index (Phi) is 3.75. The Morgan fingerprint density at radius 3 is 3.00 bits per heavy atom. The van der Waals surface area contributed by atoms with Crippen LogP contribution in [0.3, 0.4) is 0 Å². The molecule has 0 bridgehead atoms. The van der Waals surface area contributed by atoms with Gasteiger partial charge in [-0.1, -0.05) is 0 Å². The van der Waals surface area contributed by atoms with Gasteiger partial charge in [-0.15, -0.1) is 0 Å². The van der Waals surface area contributed by atoms with Gasteiger partial charge in [0.15, 0.2) is 6.23 Å². The summed E-state index contributed by atoms with van der Waals surface area (Å²) in [5.74, 6) is 0.614. The lowest BCUT2D eigenvalue weighted by Gasteiger charge is -2.27. The fourth-order valence-electron chi connectivity index (χ4n) is 2.58. The fourth-order valence-corrected chi connectivity index (χ4v) is 2.58. The van der Waals surface area contributed by atoms with Gasteiger partial charge in [0.1, 0.15) is 0 Å². The Hall–Kier alpha value is -1.79. The van der Waals surface area contributed by atoms with Crippen molar-refractivity contribution in [2.24, 2.45) is 11.7 Å². The van der Waals surface area contributed by atoms with Crippen molar-refractivity contribution in [2.75, 3.05) is 18.1 Å². The van der Waals surface area contributed by atoms with Crippen LogP contribution in [0.4, 0.5) is 5.69 Å². The van der Waals surface area contributed by atoms with Crippen LogP contribution in [0.2, 0.25) is 0 Å². The molecule has 0 aliphatic carbocycles. The van der Waals surface area contributed by atoms with Crippen molar-refractivity contribution in [3.8, 4) is 0 Å². The number of nitrogens with two attached hydrogens (primary N) is 1. The van der Waals surface area contributed by atoms with Crippen LogP contribution in [0.15, 0.2) is 36.4 Å². The zero-order valence-electron chi connectivity index (χ0n) is 11.4. The van der Waals surface area contributed by atoms with Gasteiger partial charge in [-0.3, -0.25) is 4.68 Å². The van der Waals surface area contributed by atoms with Crippen molar-refractivity contribution in [3.63, 3.8) is 0 Å². The molecule has 0 aromatic carbocycles. The van der Waals surface area contributed by atoms with Crippen LogP contribution in [0.25, 0.3) is 0 Å². The highest BCUT2D eigenvalue weighted by atomic mass is 16.5. The predicted molar refractivity (Wildman–Crippen MR) is 75.7 cm³/mol. The van der Waals surface area contributed by atoms with Crippen molar-refractivity contribution in [1.82, 2.24) is 9.78 Å². The van der Waals surface area contributed by atoms with E-state index in [0.29, 0.717) is 11.6 Å². The first-order valence-electron chi connectivity index (χ1n) is 6.94. The van der Waals surface area contributed by atoms with Crippen LogP contribution in [0.1, 0.15) is 12.8 Å². The smallest absolute Gasteiger partial charge is 0.171 e. The zero-order chi connectivity index (χ0) is 13.9. The first-order chi connectivity index (χ1) is 9.74. The highest BCUT2D eigenvalue weighted by Gasteiger charge is 2.21. The average molecular weight is 276 g/mol. The molecule has 3 N–H and O–H groups in total. The molecular weight excluding hydrogens is 256 g/mol. The second kappa shape index (κ2) is 5.68. The maximum atomic E-state index is 10.0. The lowest BCUT2D eigenvalue weighted by molar-refractivity contribution is 0.0601. The summed E-state index contributed by atoms with van der Waals surface area (Å²) < 4.78 is 7.29. The molecule has 20 heavy (non-hydrogen) atoms. The van der Waals surface area contributed by atoms with E-state index in [4.69, 9.17) is 10.5 Å². The van der Waals surface area contributed by atoms with E-state index < -0.39 is 6.23 Å². The monoisotopic (exact) mass is 276 g/mol. The number of anilines is 1. The molecular formula is C14H20N4O2. The van der Waals surface area contributed by atoms with Gasteiger partial charge >= 0.3 is 0 Å². The van der Waals surface area contributed by atoms with Gasteiger partial charge in [0.25, 0.3) is 0 Å². The summed E-state index contributed by atoms with van der Waals surface area (Å²) in [5, 5.41) is 14.4. The standard InChI is InChI=1S/C14H20N4O2/c15-13-2-1-5-18(14(13)19)12-8-16-17(10-12)9-11-3-6-20-7-4-11/h1-2,5,8,10-11,14,19H,3-4,6-7,9,15H2. The average Bonchev–Trinajstić information content (AvgIpc) is 2.91. The number of rotatable bonds is 3. The first-order valence-corrected chi connectivity index (χ1v) is 6.94. The van der Waals surface area contributed by atoms with E-state index in [1.54, 1.807) is 23.4 Å². The molecule has 0 radical (unpaired) electrons. The summed E-state index contributed by atoms with van der Waals surface area (Å²) in [4.78, 5) is 1.71. The minimum Gasteiger partial charge on any atom is -0.398 e. The second-order valence-electron chi connectivity index (χ2n) is 5.27. The molecule has 2 aliphatic rings. The highest BCUT2D eigenvalue weighted by Crippen LogP contribution is 2.22. The van der Waals surface area contributed by atoms with Crippen LogP contribution in [0.5, 0.6) is 0 Å². The van der Waals surface area contributed by atoms with E-state index in [9.17, 15) is 5.11 Å². The number of aliphatic hydroxyl groups excluding tert-OH is 1. The minimum absolute atomic E-state index is 0.435. The summed E-state index contributed by atoms with van der Waals surface area (Å²) >= 11 is 0. The number of aliphatic hydroxyl groups is 1. The Morgan fingerprint density at radius 2 is 2.20 bits per heavy atom. The molecule has 1 aromatic heterocycles. The Bertz CT molecular complexity index is 517. The molecule has 2 aliphatic heterocycles. The summed E-state index contributed by atoms with van der Waals surface area (Å²) in [6.45, 7) is 2.57. The lowest BCUT2D eigenvalue weighted by atomic mass is 10.0. The molecule has 108 valence electrons. The third kappa shape index (κ3) is 2.71. The lowest BCUT2D eigenvalue weighted by Crippen LogP contribution is -2.36. The van der Waals surface area contributed by atoms with Crippen LogP contribution >= 0.6 is 0 Å². The summed E-state index contributed by atoms with van der Waals surface area (Å²) in [6.07, 6.45) is 10.4. The second-order valence-corrected chi connectivity index (χ2v) is 5.27. The van der Waals surface area contributed by atoms with Crippen molar-refractivity contribution in [3.05, 3.63) is 36.4 Å². The zero-order valence-corrected chi connectivity index (χ0v) is 11.4. The quantitative estimate of drug-likeness (QED) is 0.854. The molecule has 0 saturated carbocycles.